The van der Waals surface area contributed by atoms with Crippen molar-refractivity contribution in [2.75, 3.05) is 0 Å². The van der Waals surface area contributed by atoms with Crippen LogP contribution in [0.4, 0.5) is 0 Å². The third-order valence-electron chi connectivity index (χ3n) is 4.89. The van der Waals surface area contributed by atoms with Gasteiger partial charge in [-0.25, -0.2) is 4.79 Å². The van der Waals surface area contributed by atoms with E-state index in [1.165, 1.54) is 16.7 Å². The monoisotopic (exact) mass is 328 g/mol. The summed E-state index contributed by atoms with van der Waals surface area (Å²) in [6, 6.07) is 26.3. The molecule has 0 saturated heterocycles. The number of rotatable bonds is 4. The zero-order valence-corrected chi connectivity index (χ0v) is 14.0. The van der Waals surface area contributed by atoms with Crippen molar-refractivity contribution in [1.82, 2.24) is 0 Å². The topological polar surface area (TPSA) is 26.3 Å². The number of esters is 1. The van der Waals surface area contributed by atoms with Crippen molar-refractivity contribution in [1.29, 1.82) is 0 Å². The number of carbonyl (C=O) groups is 1. The first-order valence-corrected chi connectivity index (χ1v) is 8.70. The van der Waals surface area contributed by atoms with Crippen LogP contribution in [0.1, 0.15) is 45.0 Å². The van der Waals surface area contributed by atoms with Gasteiger partial charge in [-0.05, 0) is 47.2 Å². The highest BCUT2D eigenvalue weighted by Crippen LogP contribution is 2.37. The normalized spacial score (nSPS) is 15.6. The molecule has 0 bridgehead atoms. The second kappa shape index (κ2) is 6.94. The van der Waals surface area contributed by atoms with Gasteiger partial charge in [-0.2, -0.15) is 0 Å². The van der Waals surface area contributed by atoms with Gasteiger partial charge in [0.2, 0.25) is 0 Å². The molecule has 0 aliphatic heterocycles. The number of aryl methyl sites for hydroxylation is 1. The molecular formula is C23H20O2. The van der Waals surface area contributed by atoms with Gasteiger partial charge in [0, 0.05) is 5.92 Å². The highest BCUT2D eigenvalue weighted by atomic mass is 16.5. The van der Waals surface area contributed by atoms with Gasteiger partial charge >= 0.3 is 5.97 Å². The van der Waals surface area contributed by atoms with Crippen molar-refractivity contribution in [3.8, 4) is 0 Å². The second-order valence-electron chi connectivity index (χ2n) is 6.47. The largest absolute Gasteiger partial charge is 0.457 e. The molecule has 1 aliphatic carbocycles. The van der Waals surface area contributed by atoms with Gasteiger partial charge in [-0.1, -0.05) is 66.7 Å². The molecule has 0 radical (unpaired) electrons. The van der Waals surface area contributed by atoms with Crippen molar-refractivity contribution >= 4 is 5.97 Å². The lowest BCUT2D eigenvalue weighted by atomic mass is 9.92. The van der Waals surface area contributed by atoms with Crippen LogP contribution in [0.2, 0.25) is 0 Å². The minimum Gasteiger partial charge on any atom is -0.457 e. The van der Waals surface area contributed by atoms with E-state index in [2.05, 4.69) is 36.4 Å². The Morgan fingerprint density at radius 3 is 2.40 bits per heavy atom. The number of carbonyl (C=O) groups excluding carboxylic acids is 1. The van der Waals surface area contributed by atoms with Crippen LogP contribution >= 0.6 is 0 Å². The molecule has 3 aromatic carbocycles. The Hall–Kier alpha value is -2.87. The maximum atomic E-state index is 12.2. The fourth-order valence-electron chi connectivity index (χ4n) is 3.56. The molecule has 124 valence electrons. The van der Waals surface area contributed by atoms with Crippen molar-refractivity contribution in [3.63, 3.8) is 0 Å². The maximum absolute atomic E-state index is 12.2. The van der Waals surface area contributed by atoms with Gasteiger partial charge in [-0.15, -0.1) is 0 Å². The lowest BCUT2D eigenvalue weighted by Crippen LogP contribution is -2.06. The smallest absolute Gasteiger partial charge is 0.338 e. The number of hydrogen-bond donors (Lipinski definition) is 0. The predicted octanol–water partition coefficient (Wildman–Crippen LogP) is 5.12. The highest BCUT2D eigenvalue weighted by molar-refractivity contribution is 5.89. The first kappa shape index (κ1) is 15.6. The SMILES string of the molecule is O=C(OCc1ccccc1)c1ccc([C@H]2CCc3ccccc32)cc1. The summed E-state index contributed by atoms with van der Waals surface area (Å²) in [5.41, 5.74) is 5.73. The van der Waals surface area contributed by atoms with Crippen LogP contribution in [0.5, 0.6) is 0 Å². The zero-order valence-electron chi connectivity index (χ0n) is 14.0. The van der Waals surface area contributed by atoms with E-state index in [0.29, 0.717) is 18.1 Å². The molecule has 3 aromatic rings. The van der Waals surface area contributed by atoms with E-state index in [4.69, 9.17) is 4.74 Å². The second-order valence-corrected chi connectivity index (χ2v) is 6.47. The maximum Gasteiger partial charge on any atom is 0.338 e. The Kier molecular flexibility index (Phi) is 4.34. The molecular weight excluding hydrogens is 308 g/mol. The number of benzene rings is 3. The summed E-state index contributed by atoms with van der Waals surface area (Å²) in [4.78, 5) is 12.2. The lowest BCUT2D eigenvalue weighted by molar-refractivity contribution is 0.0472. The molecule has 0 N–H and O–H groups in total. The van der Waals surface area contributed by atoms with Crippen LogP contribution in [0.3, 0.4) is 0 Å². The Morgan fingerprint density at radius 1 is 0.880 bits per heavy atom. The minimum atomic E-state index is -0.276. The van der Waals surface area contributed by atoms with E-state index < -0.39 is 0 Å². The Balaban J connectivity index is 1.45. The fraction of sp³-hybridized carbons (Fsp3) is 0.174. The molecule has 1 aliphatic rings. The predicted molar refractivity (Wildman–Crippen MR) is 98.6 cm³/mol. The Labute approximate surface area is 148 Å². The van der Waals surface area contributed by atoms with E-state index >= 15 is 0 Å². The van der Waals surface area contributed by atoms with Crippen molar-refractivity contribution in [2.45, 2.75) is 25.4 Å². The summed E-state index contributed by atoms with van der Waals surface area (Å²) >= 11 is 0. The average Bonchev–Trinajstić information content (AvgIpc) is 3.11. The first-order chi connectivity index (χ1) is 12.3. The van der Waals surface area contributed by atoms with Crippen molar-refractivity contribution in [2.24, 2.45) is 0 Å². The standard InChI is InChI=1S/C23H20O2/c24-23(25-16-17-6-2-1-3-7-17)20-12-10-19(11-13-20)22-15-14-18-8-4-5-9-21(18)22/h1-13,22H,14-16H2/t22-/m1/s1. The molecule has 2 heteroatoms. The molecule has 1 atom stereocenters. The summed E-state index contributed by atoms with van der Waals surface area (Å²) in [5.74, 6) is 0.160. The molecule has 0 unspecified atom stereocenters. The van der Waals surface area contributed by atoms with Crippen LogP contribution in [-0.4, -0.2) is 5.97 Å². The summed E-state index contributed by atoms with van der Waals surface area (Å²) < 4.78 is 5.40. The summed E-state index contributed by atoms with van der Waals surface area (Å²) in [5, 5.41) is 0. The number of hydrogen-bond acceptors (Lipinski definition) is 2. The fourth-order valence-corrected chi connectivity index (χ4v) is 3.56. The van der Waals surface area contributed by atoms with E-state index in [9.17, 15) is 4.79 Å². The minimum absolute atomic E-state index is 0.276. The van der Waals surface area contributed by atoms with Crippen molar-refractivity contribution in [3.05, 3.63) is 107 Å². The number of ether oxygens (including phenoxy) is 1. The van der Waals surface area contributed by atoms with Crippen molar-refractivity contribution < 1.29 is 9.53 Å². The Morgan fingerprint density at radius 2 is 1.60 bits per heavy atom. The van der Waals surface area contributed by atoms with Crippen LogP contribution in [0, 0.1) is 0 Å². The summed E-state index contributed by atoms with van der Waals surface area (Å²) in [6.45, 7) is 0.303. The van der Waals surface area contributed by atoms with Crippen LogP contribution in [0.25, 0.3) is 0 Å². The third kappa shape index (κ3) is 3.34. The van der Waals surface area contributed by atoms with E-state index in [1.807, 2.05) is 42.5 Å². The molecule has 2 nitrogen and oxygen atoms in total. The van der Waals surface area contributed by atoms with Gasteiger partial charge in [0.05, 0.1) is 5.56 Å². The van der Waals surface area contributed by atoms with Gasteiger partial charge in [0.25, 0.3) is 0 Å². The summed E-state index contributed by atoms with van der Waals surface area (Å²) in [6.07, 6.45) is 2.26. The third-order valence-corrected chi connectivity index (χ3v) is 4.89. The molecule has 25 heavy (non-hydrogen) atoms. The van der Waals surface area contributed by atoms with Crippen LogP contribution in [0.15, 0.2) is 78.9 Å². The van der Waals surface area contributed by atoms with Gasteiger partial charge in [0.1, 0.15) is 6.61 Å². The molecule has 0 aromatic heterocycles. The van der Waals surface area contributed by atoms with E-state index in [0.717, 1.165) is 18.4 Å². The van der Waals surface area contributed by atoms with Crippen LogP contribution in [-0.2, 0) is 17.8 Å². The van der Waals surface area contributed by atoms with E-state index in [1.54, 1.807) is 0 Å². The Bertz CT molecular complexity index is 866. The molecule has 0 saturated carbocycles. The summed E-state index contributed by atoms with van der Waals surface area (Å²) in [7, 11) is 0. The molecule has 0 heterocycles. The molecule has 0 fully saturated rings. The molecule has 4 rings (SSSR count). The zero-order chi connectivity index (χ0) is 17.1. The van der Waals surface area contributed by atoms with Gasteiger partial charge in [0.15, 0.2) is 0 Å². The molecule has 0 spiro atoms. The first-order valence-electron chi connectivity index (χ1n) is 8.70. The van der Waals surface area contributed by atoms with E-state index in [-0.39, 0.29) is 5.97 Å². The number of fused-ring (bicyclic) bond motifs is 1. The van der Waals surface area contributed by atoms with Gasteiger partial charge in [-0.3, -0.25) is 0 Å². The highest BCUT2D eigenvalue weighted by Gasteiger charge is 2.23. The lowest BCUT2D eigenvalue weighted by Gasteiger charge is -2.13. The average molecular weight is 328 g/mol. The van der Waals surface area contributed by atoms with Gasteiger partial charge < -0.3 is 4.74 Å². The van der Waals surface area contributed by atoms with Crippen LogP contribution < -0.4 is 0 Å². The molecule has 0 amide bonds. The quantitative estimate of drug-likeness (QED) is 0.621.